The zero-order valence-corrected chi connectivity index (χ0v) is 18.4. The van der Waals surface area contributed by atoms with Crippen LogP contribution in [0.25, 0.3) is 11.2 Å². The maximum absolute atomic E-state index is 6.57. The van der Waals surface area contributed by atoms with Crippen molar-refractivity contribution in [3.8, 4) is 0 Å². The molecule has 8 nitrogen and oxygen atoms in total. The van der Waals surface area contributed by atoms with Crippen LogP contribution in [0.2, 0.25) is 5.15 Å². The number of nitrogens with one attached hydrogen (secondary N) is 2. The first-order valence-corrected chi connectivity index (χ1v) is 11.3. The Bertz CT molecular complexity index is 1050. The summed E-state index contributed by atoms with van der Waals surface area (Å²) in [7, 11) is 0. The zero-order chi connectivity index (χ0) is 21.2. The molecule has 4 heterocycles. The van der Waals surface area contributed by atoms with Gasteiger partial charge in [-0.25, -0.2) is 9.97 Å². The number of hydrogen-bond acceptors (Lipinski definition) is 8. The second kappa shape index (κ2) is 8.80. The normalized spacial score (nSPS) is 17.9. The Morgan fingerprint density at radius 1 is 0.935 bits per heavy atom. The van der Waals surface area contributed by atoms with E-state index in [0.717, 1.165) is 69.4 Å². The van der Waals surface area contributed by atoms with E-state index in [1.807, 2.05) is 18.2 Å². The molecule has 0 amide bonds. The van der Waals surface area contributed by atoms with Gasteiger partial charge in [0, 0.05) is 39.3 Å². The van der Waals surface area contributed by atoms with Crippen LogP contribution in [0, 0.1) is 0 Å². The van der Waals surface area contributed by atoms with E-state index in [4.69, 9.17) is 31.5 Å². The van der Waals surface area contributed by atoms with Crippen LogP contribution in [0.3, 0.4) is 0 Å². The van der Waals surface area contributed by atoms with Gasteiger partial charge < -0.3 is 20.4 Å². The Morgan fingerprint density at radius 3 is 2.42 bits per heavy atom. The van der Waals surface area contributed by atoms with Crippen molar-refractivity contribution in [3.63, 3.8) is 0 Å². The Morgan fingerprint density at radius 2 is 1.68 bits per heavy atom. The fraction of sp³-hybridized carbons (Fsp3) is 0.455. The third kappa shape index (κ3) is 4.22. The molecule has 1 unspecified atom stereocenters. The highest BCUT2D eigenvalue weighted by Gasteiger charge is 2.24. The average Bonchev–Trinajstić information content (AvgIpc) is 3.35. The fourth-order valence-corrected chi connectivity index (χ4v) is 4.36. The number of nitrogens with zero attached hydrogens (tertiary/aromatic N) is 6. The highest BCUT2D eigenvalue weighted by molar-refractivity contribution is 6.32. The summed E-state index contributed by atoms with van der Waals surface area (Å²) in [4.78, 5) is 23.7. The van der Waals surface area contributed by atoms with E-state index in [-0.39, 0.29) is 6.04 Å². The maximum Gasteiger partial charge on any atom is 0.229 e. The summed E-state index contributed by atoms with van der Waals surface area (Å²) in [6.45, 7) is 7.63. The Balaban J connectivity index is 1.55. The number of hydrogen-bond donors (Lipinski definition) is 2. The molecular formula is C22H27ClN8. The topological polar surface area (TPSA) is 82.1 Å². The van der Waals surface area contributed by atoms with Gasteiger partial charge in [0.25, 0.3) is 0 Å². The molecule has 9 heteroatoms. The lowest BCUT2D eigenvalue weighted by Crippen LogP contribution is -2.44. The van der Waals surface area contributed by atoms with Crippen LogP contribution in [-0.4, -0.2) is 59.2 Å². The van der Waals surface area contributed by atoms with Crippen LogP contribution >= 0.6 is 11.6 Å². The molecule has 1 atom stereocenters. The molecule has 2 saturated heterocycles. The molecule has 0 radical (unpaired) electrons. The maximum atomic E-state index is 6.57. The van der Waals surface area contributed by atoms with Gasteiger partial charge in [0.05, 0.1) is 6.04 Å². The molecular weight excluding hydrogens is 412 g/mol. The molecule has 0 bridgehead atoms. The van der Waals surface area contributed by atoms with E-state index >= 15 is 0 Å². The molecule has 1 aromatic carbocycles. The van der Waals surface area contributed by atoms with E-state index in [1.54, 1.807) is 0 Å². The smallest absolute Gasteiger partial charge is 0.229 e. The summed E-state index contributed by atoms with van der Waals surface area (Å²) in [6, 6.07) is 10.3. The van der Waals surface area contributed by atoms with Gasteiger partial charge >= 0.3 is 0 Å². The molecule has 2 N–H and O–H groups in total. The lowest BCUT2D eigenvalue weighted by Gasteiger charge is -2.28. The van der Waals surface area contributed by atoms with Crippen molar-refractivity contribution in [1.29, 1.82) is 0 Å². The number of rotatable bonds is 5. The van der Waals surface area contributed by atoms with Gasteiger partial charge in [-0.05, 0) is 25.3 Å². The standard InChI is InChI=1S/C22H27ClN8/c1-15(16-7-3-2-4-8-16)25-20-18(23)26-17-19(27-20)28-22(31-13-9-24-10-14-31)29-21(17)30-11-5-6-12-30/h2-4,7-8,15,24H,5-6,9-14H2,1H3,(H,25,27,28,29). The van der Waals surface area contributed by atoms with Crippen molar-refractivity contribution in [1.82, 2.24) is 25.3 Å². The highest BCUT2D eigenvalue weighted by Crippen LogP contribution is 2.31. The average molecular weight is 439 g/mol. The predicted molar refractivity (Wildman–Crippen MR) is 125 cm³/mol. The van der Waals surface area contributed by atoms with Gasteiger partial charge in [-0.3, -0.25) is 0 Å². The summed E-state index contributed by atoms with van der Waals surface area (Å²) >= 11 is 6.57. The van der Waals surface area contributed by atoms with E-state index in [0.29, 0.717) is 22.1 Å². The van der Waals surface area contributed by atoms with Gasteiger partial charge in [-0.1, -0.05) is 41.9 Å². The van der Waals surface area contributed by atoms with Gasteiger partial charge in [0.15, 0.2) is 28.0 Å². The summed E-state index contributed by atoms with van der Waals surface area (Å²) in [5.41, 5.74) is 2.41. The number of halogens is 1. The molecule has 2 fully saturated rings. The zero-order valence-electron chi connectivity index (χ0n) is 17.7. The van der Waals surface area contributed by atoms with Crippen LogP contribution in [0.1, 0.15) is 31.4 Å². The third-order valence-electron chi connectivity index (χ3n) is 5.92. The van der Waals surface area contributed by atoms with Crippen molar-refractivity contribution in [2.75, 3.05) is 54.4 Å². The summed E-state index contributed by atoms with van der Waals surface area (Å²) in [6.07, 6.45) is 2.31. The van der Waals surface area contributed by atoms with E-state index in [1.165, 1.54) is 0 Å². The molecule has 0 spiro atoms. The minimum atomic E-state index is 0.0398. The predicted octanol–water partition coefficient (Wildman–Crippen LogP) is 3.26. The number of anilines is 3. The first-order chi connectivity index (χ1) is 15.2. The van der Waals surface area contributed by atoms with Gasteiger partial charge in [-0.15, -0.1) is 0 Å². The molecule has 162 valence electrons. The molecule has 31 heavy (non-hydrogen) atoms. The highest BCUT2D eigenvalue weighted by atomic mass is 35.5. The van der Waals surface area contributed by atoms with Crippen molar-refractivity contribution in [3.05, 3.63) is 41.0 Å². The summed E-state index contributed by atoms with van der Waals surface area (Å²) in [5, 5.41) is 7.13. The first-order valence-electron chi connectivity index (χ1n) is 11.0. The lowest BCUT2D eigenvalue weighted by molar-refractivity contribution is 0.580. The van der Waals surface area contributed by atoms with Crippen LogP contribution in [-0.2, 0) is 0 Å². The molecule has 5 rings (SSSR count). The Labute approximate surface area is 187 Å². The Hall–Kier alpha value is -2.71. The molecule has 2 aliphatic rings. The number of fused-ring (bicyclic) bond motifs is 1. The number of benzene rings is 1. The number of piperazine rings is 1. The summed E-state index contributed by atoms with van der Waals surface area (Å²) < 4.78 is 0. The molecule has 2 aliphatic heterocycles. The van der Waals surface area contributed by atoms with Crippen LogP contribution in [0.15, 0.2) is 30.3 Å². The third-order valence-corrected chi connectivity index (χ3v) is 6.18. The molecule has 2 aromatic heterocycles. The van der Waals surface area contributed by atoms with E-state index in [9.17, 15) is 0 Å². The van der Waals surface area contributed by atoms with Gasteiger partial charge in [0.2, 0.25) is 5.95 Å². The van der Waals surface area contributed by atoms with Gasteiger partial charge in [-0.2, -0.15) is 9.97 Å². The SMILES string of the molecule is CC(Nc1nc2nc(N3CCNCC3)nc(N3CCCC3)c2nc1Cl)c1ccccc1. The van der Waals surface area contributed by atoms with Crippen molar-refractivity contribution in [2.24, 2.45) is 0 Å². The quantitative estimate of drug-likeness (QED) is 0.628. The van der Waals surface area contributed by atoms with Crippen molar-refractivity contribution < 1.29 is 0 Å². The summed E-state index contributed by atoms with van der Waals surface area (Å²) in [5.74, 6) is 2.10. The monoisotopic (exact) mass is 438 g/mol. The fourth-order valence-electron chi connectivity index (χ4n) is 4.18. The van der Waals surface area contributed by atoms with Crippen molar-refractivity contribution >= 4 is 40.3 Å². The van der Waals surface area contributed by atoms with E-state index in [2.05, 4.69) is 39.5 Å². The van der Waals surface area contributed by atoms with E-state index < -0.39 is 0 Å². The minimum Gasteiger partial charge on any atom is -0.361 e. The molecule has 0 saturated carbocycles. The van der Waals surface area contributed by atoms with Crippen LogP contribution in [0.4, 0.5) is 17.6 Å². The Kier molecular flexibility index (Phi) is 5.74. The second-order valence-corrected chi connectivity index (χ2v) is 8.45. The first kappa shape index (κ1) is 20.2. The number of aromatic nitrogens is 4. The van der Waals surface area contributed by atoms with Crippen LogP contribution < -0.4 is 20.4 Å². The molecule has 3 aromatic rings. The van der Waals surface area contributed by atoms with Gasteiger partial charge in [0.1, 0.15) is 0 Å². The minimum absolute atomic E-state index is 0.0398. The second-order valence-electron chi connectivity index (χ2n) is 8.09. The van der Waals surface area contributed by atoms with Crippen LogP contribution in [0.5, 0.6) is 0 Å². The lowest BCUT2D eigenvalue weighted by atomic mass is 10.1. The largest absolute Gasteiger partial charge is 0.361 e. The molecule has 0 aliphatic carbocycles. The van der Waals surface area contributed by atoms with Crippen molar-refractivity contribution in [2.45, 2.75) is 25.8 Å².